The highest BCUT2D eigenvalue weighted by atomic mass is 35.5. The van der Waals surface area contributed by atoms with Crippen LogP contribution in [0.15, 0.2) is 54.7 Å². The highest BCUT2D eigenvalue weighted by molar-refractivity contribution is 6.30. The van der Waals surface area contributed by atoms with E-state index in [1.807, 2.05) is 18.2 Å². The quantitative estimate of drug-likeness (QED) is 0.513. The molecule has 0 saturated carbocycles. The van der Waals surface area contributed by atoms with Crippen molar-refractivity contribution in [2.45, 2.75) is 6.54 Å². The number of carbonyl (C=O) groups is 1. The summed E-state index contributed by atoms with van der Waals surface area (Å²) >= 11 is 5.97. The van der Waals surface area contributed by atoms with E-state index in [0.29, 0.717) is 17.4 Å². The van der Waals surface area contributed by atoms with Crippen LogP contribution in [0.3, 0.4) is 0 Å². The van der Waals surface area contributed by atoms with Gasteiger partial charge in [-0.3, -0.25) is 19.6 Å². The molecule has 1 amide bonds. The number of halogens is 1. The number of nitrogens with zero attached hydrogens (tertiary/aromatic N) is 3. The monoisotopic (exact) mass is 386 g/mol. The van der Waals surface area contributed by atoms with E-state index in [2.05, 4.69) is 10.4 Å². The molecule has 0 aliphatic heterocycles. The van der Waals surface area contributed by atoms with Crippen LogP contribution in [-0.2, 0) is 6.54 Å². The number of anilines is 1. The van der Waals surface area contributed by atoms with Crippen LogP contribution < -0.4 is 10.1 Å². The number of benzene rings is 2. The normalized spacial score (nSPS) is 10.4. The molecule has 138 valence electrons. The Kier molecular flexibility index (Phi) is 5.37. The predicted molar refractivity (Wildman–Crippen MR) is 100 cm³/mol. The maximum Gasteiger partial charge on any atom is 0.311 e. The summed E-state index contributed by atoms with van der Waals surface area (Å²) < 4.78 is 6.58. The van der Waals surface area contributed by atoms with Crippen molar-refractivity contribution in [2.24, 2.45) is 0 Å². The molecule has 0 aliphatic carbocycles. The highest BCUT2D eigenvalue weighted by Gasteiger charge is 2.18. The van der Waals surface area contributed by atoms with Gasteiger partial charge in [0.15, 0.2) is 11.6 Å². The first-order chi connectivity index (χ1) is 13.0. The Labute approximate surface area is 159 Å². The van der Waals surface area contributed by atoms with E-state index in [1.54, 1.807) is 23.0 Å². The van der Waals surface area contributed by atoms with Crippen LogP contribution in [-0.4, -0.2) is 27.7 Å². The molecule has 8 nitrogen and oxygen atoms in total. The second-order valence-corrected chi connectivity index (χ2v) is 6.06. The molecule has 0 spiro atoms. The minimum absolute atomic E-state index is 0.0855. The van der Waals surface area contributed by atoms with Gasteiger partial charge in [-0.15, -0.1) is 0 Å². The van der Waals surface area contributed by atoms with Gasteiger partial charge in [-0.1, -0.05) is 23.7 Å². The van der Waals surface area contributed by atoms with Crippen LogP contribution >= 0.6 is 11.6 Å². The van der Waals surface area contributed by atoms with E-state index in [0.717, 1.165) is 11.6 Å². The Balaban J connectivity index is 1.72. The fourth-order valence-electron chi connectivity index (χ4n) is 2.50. The van der Waals surface area contributed by atoms with Gasteiger partial charge in [0.25, 0.3) is 5.91 Å². The van der Waals surface area contributed by atoms with E-state index in [9.17, 15) is 14.9 Å². The smallest absolute Gasteiger partial charge is 0.311 e. The molecule has 0 bridgehead atoms. The molecule has 1 heterocycles. The van der Waals surface area contributed by atoms with Gasteiger partial charge in [-0.05, 0) is 29.8 Å². The summed E-state index contributed by atoms with van der Waals surface area (Å²) in [5.41, 5.74) is 0.817. The molecule has 27 heavy (non-hydrogen) atoms. The van der Waals surface area contributed by atoms with E-state index in [1.165, 1.54) is 19.2 Å². The third kappa shape index (κ3) is 4.42. The summed E-state index contributed by atoms with van der Waals surface area (Å²) in [7, 11) is 1.33. The number of methoxy groups -OCH3 is 1. The highest BCUT2D eigenvalue weighted by Crippen LogP contribution is 2.27. The molecule has 1 aromatic heterocycles. The van der Waals surface area contributed by atoms with Crippen molar-refractivity contribution < 1.29 is 14.5 Å². The number of hydrogen-bond acceptors (Lipinski definition) is 5. The molecule has 0 radical (unpaired) electrons. The number of nitrogens with one attached hydrogen (secondary N) is 1. The van der Waals surface area contributed by atoms with E-state index in [4.69, 9.17) is 16.3 Å². The van der Waals surface area contributed by atoms with Crippen molar-refractivity contribution in [3.63, 3.8) is 0 Å². The second kappa shape index (κ2) is 7.88. The van der Waals surface area contributed by atoms with Gasteiger partial charge in [0, 0.05) is 28.9 Å². The molecule has 0 aliphatic rings. The van der Waals surface area contributed by atoms with Crippen LogP contribution in [0.4, 0.5) is 11.5 Å². The third-order valence-electron chi connectivity index (χ3n) is 3.75. The topological polar surface area (TPSA) is 99.3 Å². The maximum atomic E-state index is 12.4. The van der Waals surface area contributed by atoms with E-state index < -0.39 is 10.8 Å². The summed E-state index contributed by atoms with van der Waals surface area (Å²) in [4.78, 5) is 22.8. The molecular formula is C18H15ClN4O4. The van der Waals surface area contributed by atoms with E-state index in [-0.39, 0.29) is 17.0 Å². The van der Waals surface area contributed by atoms with Crippen molar-refractivity contribution in [2.75, 3.05) is 12.4 Å². The minimum atomic E-state index is -0.602. The number of ether oxygens (including phenoxy) is 1. The number of nitro benzene ring substituents is 1. The number of nitro groups is 1. The first kappa shape index (κ1) is 18.4. The lowest BCUT2D eigenvalue weighted by Gasteiger charge is -2.05. The number of amides is 1. The molecule has 0 saturated heterocycles. The Morgan fingerprint density at radius 2 is 2.11 bits per heavy atom. The number of aromatic nitrogens is 2. The van der Waals surface area contributed by atoms with E-state index >= 15 is 0 Å². The summed E-state index contributed by atoms with van der Waals surface area (Å²) in [6.07, 6.45) is 1.72. The molecule has 0 atom stereocenters. The first-order valence-electron chi connectivity index (χ1n) is 7.88. The van der Waals surface area contributed by atoms with Gasteiger partial charge in [-0.25, -0.2) is 0 Å². The first-order valence-corrected chi connectivity index (χ1v) is 8.26. The van der Waals surface area contributed by atoms with Crippen LogP contribution in [0.2, 0.25) is 5.02 Å². The van der Waals surface area contributed by atoms with Gasteiger partial charge >= 0.3 is 5.69 Å². The molecule has 1 N–H and O–H groups in total. The minimum Gasteiger partial charge on any atom is -0.490 e. The van der Waals surface area contributed by atoms with Gasteiger partial charge in [-0.2, -0.15) is 5.10 Å². The predicted octanol–water partition coefficient (Wildman–Crippen LogP) is 3.75. The third-order valence-corrected chi connectivity index (χ3v) is 3.99. The zero-order valence-corrected chi connectivity index (χ0v) is 15.0. The second-order valence-electron chi connectivity index (χ2n) is 5.63. The average Bonchev–Trinajstić information content (AvgIpc) is 3.07. The lowest BCUT2D eigenvalue weighted by atomic mass is 10.1. The van der Waals surface area contributed by atoms with Gasteiger partial charge in [0.05, 0.1) is 18.6 Å². The Morgan fingerprint density at radius 1 is 1.30 bits per heavy atom. The van der Waals surface area contributed by atoms with Gasteiger partial charge < -0.3 is 10.1 Å². The molecule has 0 fully saturated rings. The van der Waals surface area contributed by atoms with Gasteiger partial charge in [0.2, 0.25) is 0 Å². The van der Waals surface area contributed by atoms with Crippen molar-refractivity contribution in [3.05, 3.63) is 81.0 Å². The van der Waals surface area contributed by atoms with Gasteiger partial charge in [0.1, 0.15) is 0 Å². The van der Waals surface area contributed by atoms with Crippen LogP contribution in [0.1, 0.15) is 15.9 Å². The fourth-order valence-corrected chi connectivity index (χ4v) is 2.71. The Hall–Kier alpha value is -3.39. The van der Waals surface area contributed by atoms with Crippen LogP contribution in [0, 0.1) is 10.1 Å². The van der Waals surface area contributed by atoms with Crippen molar-refractivity contribution >= 4 is 29.0 Å². The summed E-state index contributed by atoms with van der Waals surface area (Å²) in [6, 6.07) is 13.0. The number of hydrogen-bond donors (Lipinski definition) is 1. The van der Waals surface area contributed by atoms with Crippen molar-refractivity contribution in [3.8, 4) is 5.75 Å². The average molecular weight is 387 g/mol. The summed E-state index contributed by atoms with van der Waals surface area (Å²) in [6.45, 7) is 0.491. The SMILES string of the molecule is COc1ccc(C(=O)Nc2ccn(Cc3cccc(Cl)c3)n2)cc1[N+](=O)[O-]. The standard InChI is InChI=1S/C18H15ClN4O4/c1-27-16-6-5-13(10-15(16)23(25)26)18(24)20-17-7-8-22(21-17)11-12-3-2-4-14(19)9-12/h2-10H,11H2,1H3,(H,20,21,24). The van der Waals surface area contributed by atoms with Crippen molar-refractivity contribution in [1.29, 1.82) is 0 Å². The fraction of sp³-hybridized carbons (Fsp3) is 0.111. The molecule has 3 aromatic rings. The zero-order chi connectivity index (χ0) is 19.4. The summed E-state index contributed by atoms with van der Waals surface area (Å²) in [5, 5.41) is 18.6. The molecular weight excluding hydrogens is 372 g/mol. The maximum absolute atomic E-state index is 12.4. The lowest BCUT2D eigenvalue weighted by molar-refractivity contribution is -0.385. The molecule has 9 heteroatoms. The number of carbonyl (C=O) groups excluding carboxylic acids is 1. The summed E-state index contributed by atoms with van der Waals surface area (Å²) in [5.74, 6) is -0.0865. The Morgan fingerprint density at radius 3 is 2.81 bits per heavy atom. The Bertz CT molecular complexity index is 1000. The molecule has 3 rings (SSSR count). The zero-order valence-electron chi connectivity index (χ0n) is 14.3. The van der Waals surface area contributed by atoms with Crippen molar-refractivity contribution in [1.82, 2.24) is 9.78 Å². The molecule has 2 aromatic carbocycles. The lowest BCUT2D eigenvalue weighted by Crippen LogP contribution is -2.13. The largest absolute Gasteiger partial charge is 0.490 e. The van der Waals surface area contributed by atoms with Crippen LogP contribution in [0.25, 0.3) is 0 Å². The van der Waals surface area contributed by atoms with Crippen LogP contribution in [0.5, 0.6) is 5.75 Å². The number of rotatable bonds is 6. The molecule has 0 unspecified atom stereocenters.